The summed E-state index contributed by atoms with van der Waals surface area (Å²) in [7, 11) is 0. The molecule has 1 aliphatic carbocycles. The highest BCUT2D eigenvalue weighted by Gasteiger charge is 2.25. The summed E-state index contributed by atoms with van der Waals surface area (Å²) in [5.41, 5.74) is 5.65. The maximum absolute atomic E-state index is 5.65. The number of rotatable bonds is 2. The Kier molecular flexibility index (Phi) is 1.91. The molecular formula is C8H12N4. The van der Waals surface area contributed by atoms with Gasteiger partial charge in [0, 0.05) is 18.3 Å². The lowest BCUT2D eigenvalue weighted by Gasteiger charge is -2.33. The molecule has 2 rings (SSSR count). The van der Waals surface area contributed by atoms with E-state index in [4.69, 9.17) is 5.73 Å². The van der Waals surface area contributed by atoms with Crippen LogP contribution in [-0.4, -0.2) is 22.3 Å². The quantitative estimate of drug-likeness (QED) is 0.663. The third-order valence-electron chi connectivity index (χ3n) is 2.10. The van der Waals surface area contributed by atoms with Crippen LogP contribution in [0.4, 0.5) is 5.82 Å². The van der Waals surface area contributed by atoms with Crippen molar-refractivity contribution in [2.24, 2.45) is 5.73 Å². The molecule has 0 atom stereocenters. The van der Waals surface area contributed by atoms with Gasteiger partial charge >= 0.3 is 0 Å². The molecule has 0 spiro atoms. The lowest BCUT2D eigenvalue weighted by atomic mass is 9.88. The van der Waals surface area contributed by atoms with Gasteiger partial charge in [-0.05, 0) is 25.0 Å². The summed E-state index contributed by atoms with van der Waals surface area (Å²) in [5, 5.41) is 11.0. The third-order valence-corrected chi connectivity index (χ3v) is 2.10. The molecule has 12 heavy (non-hydrogen) atoms. The molecule has 1 saturated carbocycles. The summed E-state index contributed by atoms with van der Waals surface area (Å²) in [6, 6.07) is 4.65. The minimum Gasteiger partial charge on any atom is -0.366 e. The van der Waals surface area contributed by atoms with Crippen molar-refractivity contribution in [3.05, 3.63) is 18.3 Å². The molecule has 4 nitrogen and oxygen atoms in total. The second kappa shape index (κ2) is 3.06. The van der Waals surface area contributed by atoms with E-state index in [1.807, 2.05) is 12.1 Å². The highest BCUT2D eigenvalue weighted by Crippen LogP contribution is 2.20. The monoisotopic (exact) mass is 164 g/mol. The Morgan fingerprint density at radius 2 is 2.33 bits per heavy atom. The van der Waals surface area contributed by atoms with Gasteiger partial charge in [-0.3, -0.25) is 0 Å². The number of hydrogen-bond donors (Lipinski definition) is 2. The molecule has 64 valence electrons. The van der Waals surface area contributed by atoms with Gasteiger partial charge in [-0.15, -0.1) is 5.10 Å². The van der Waals surface area contributed by atoms with Crippen molar-refractivity contribution in [2.75, 3.05) is 5.32 Å². The van der Waals surface area contributed by atoms with Crippen LogP contribution in [-0.2, 0) is 0 Å². The zero-order valence-corrected chi connectivity index (χ0v) is 6.77. The van der Waals surface area contributed by atoms with Crippen LogP contribution in [0.1, 0.15) is 12.8 Å². The van der Waals surface area contributed by atoms with Crippen molar-refractivity contribution in [3.8, 4) is 0 Å². The van der Waals surface area contributed by atoms with Gasteiger partial charge in [0.1, 0.15) is 5.82 Å². The maximum Gasteiger partial charge on any atom is 0.148 e. The minimum atomic E-state index is 0.374. The van der Waals surface area contributed by atoms with Crippen LogP contribution in [0.25, 0.3) is 0 Å². The van der Waals surface area contributed by atoms with E-state index in [0.29, 0.717) is 12.1 Å². The summed E-state index contributed by atoms with van der Waals surface area (Å²) in [6.07, 6.45) is 3.74. The molecule has 0 saturated heterocycles. The standard InChI is InChI=1S/C8H12N4/c9-6-4-7(5-6)11-8-2-1-3-10-12-8/h1-3,6-7H,4-5,9H2,(H,11,12). The highest BCUT2D eigenvalue weighted by atomic mass is 15.2. The van der Waals surface area contributed by atoms with Crippen LogP contribution in [0, 0.1) is 0 Å². The molecule has 0 radical (unpaired) electrons. The van der Waals surface area contributed by atoms with Crippen molar-refractivity contribution in [2.45, 2.75) is 24.9 Å². The molecule has 1 heterocycles. The average molecular weight is 164 g/mol. The topological polar surface area (TPSA) is 63.8 Å². The predicted octanol–water partition coefficient (Wildman–Crippen LogP) is 0.378. The first-order valence-corrected chi connectivity index (χ1v) is 4.14. The Balaban J connectivity index is 1.88. The molecule has 1 aromatic rings. The van der Waals surface area contributed by atoms with E-state index in [1.165, 1.54) is 0 Å². The van der Waals surface area contributed by atoms with E-state index in [-0.39, 0.29) is 0 Å². The van der Waals surface area contributed by atoms with E-state index >= 15 is 0 Å². The first-order chi connectivity index (χ1) is 5.84. The molecule has 0 bridgehead atoms. The van der Waals surface area contributed by atoms with Crippen molar-refractivity contribution in [1.29, 1.82) is 0 Å². The molecule has 1 fully saturated rings. The Morgan fingerprint density at radius 3 is 2.92 bits per heavy atom. The summed E-state index contributed by atoms with van der Waals surface area (Å²) in [5.74, 6) is 0.842. The second-order valence-electron chi connectivity index (χ2n) is 3.18. The number of nitrogens with one attached hydrogen (secondary N) is 1. The second-order valence-corrected chi connectivity index (χ2v) is 3.18. The fraction of sp³-hybridized carbons (Fsp3) is 0.500. The van der Waals surface area contributed by atoms with Crippen LogP contribution < -0.4 is 11.1 Å². The Labute approximate surface area is 71.2 Å². The van der Waals surface area contributed by atoms with Gasteiger partial charge in [0.15, 0.2) is 0 Å². The van der Waals surface area contributed by atoms with Crippen LogP contribution in [0.2, 0.25) is 0 Å². The zero-order valence-electron chi connectivity index (χ0n) is 6.77. The van der Waals surface area contributed by atoms with E-state index < -0.39 is 0 Å². The lowest BCUT2D eigenvalue weighted by molar-refractivity contribution is 0.372. The SMILES string of the molecule is NC1CC(Nc2cccnn2)C1. The van der Waals surface area contributed by atoms with Crippen LogP contribution >= 0.6 is 0 Å². The van der Waals surface area contributed by atoms with Crippen LogP contribution in [0.15, 0.2) is 18.3 Å². The number of aromatic nitrogens is 2. The van der Waals surface area contributed by atoms with Gasteiger partial charge in [0.25, 0.3) is 0 Å². The summed E-state index contributed by atoms with van der Waals surface area (Å²) >= 11 is 0. The first kappa shape index (κ1) is 7.49. The summed E-state index contributed by atoms with van der Waals surface area (Å²) in [4.78, 5) is 0. The Bertz CT molecular complexity index is 242. The first-order valence-electron chi connectivity index (χ1n) is 4.14. The summed E-state index contributed by atoms with van der Waals surface area (Å²) < 4.78 is 0. The highest BCUT2D eigenvalue weighted by molar-refractivity contribution is 5.33. The van der Waals surface area contributed by atoms with Crippen LogP contribution in [0.3, 0.4) is 0 Å². The van der Waals surface area contributed by atoms with Crippen molar-refractivity contribution >= 4 is 5.82 Å². The molecule has 0 amide bonds. The maximum atomic E-state index is 5.65. The molecule has 3 N–H and O–H groups in total. The van der Waals surface area contributed by atoms with Gasteiger partial charge in [-0.1, -0.05) is 0 Å². The molecule has 0 aromatic carbocycles. The Morgan fingerprint density at radius 1 is 1.50 bits per heavy atom. The lowest BCUT2D eigenvalue weighted by Crippen LogP contribution is -2.44. The molecule has 0 aliphatic heterocycles. The zero-order chi connectivity index (χ0) is 8.39. The Hall–Kier alpha value is -1.16. The van der Waals surface area contributed by atoms with Crippen molar-refractivity contribution in [1.82, 2.24) is 10.2 Å². The van der Waals surface area contributed by atoms with Gasteiger partial charge < -0.3 is 11.1 Å². The number of nitrogens with two attached hydrogens (primary N) is 1. The van der Waals surface area contributed by atoms with Crippen LogP contribution in [0.5, 0.6) is 0 Å². The van der Waals surface area contributed by atoms with E-state index in [2.05, 4.69) is 15.5 Å². The van der Waals surface area contributed by atoms with Gasteiger partial charge in [-0.2, -0.15) is 5.10 Å². The van der Waals surface area contributed by atoms with E-state index in [1.54, 1.807) is 6.20 Å². The molecular weight excluding hydrogens is 152 g/mol. The number of anilines is 1. The predicted molar refractivity (Wildman–Crippen MR) is 46.7 cm³/mol. The molecule has 0 unspecified atom stereocenters. The summed E-state index contributed by atoms with van der Waals surface area (Å²) in [6.45, 7) is 0. The van der Waals surface area contributed by atoms with Crippen molar-refractivity contribution in [3.63, 3.8) is 0 Å². The van der Waals surface area contributed by atoms with Gasteiger partial charge in [0.05, 0.1) is 0 Å². The molecule has 1 aliphatic rings. The molecule has 4 heteroatoms. The third kappa shape index (κ3) is 1.53. The largest absolute Gasteiger partial charge is 0.366 e. The fourth-order valence-electron chi connectivity index (χ4n) is 1.37. The average Bonchev–Trinajstić information content (AvgIpc) is 2.04. The fourth-order valence-corrected chi connectivity index (χ4v) is 1.37. The smallest absolute Gasteiger partial charge is 0.148 e. The van der Waals surface area contributed by atoms with E-state index in [0.717, 1.165) is 18.7 Å². The number of hydrogen-bond acceptors (Lipinski definition) is 4. The molecule has 1 aromatic heterocycles. The van der Waals surface area contributed by atoms with Gasteiger partial charge in [0.2, 0.25) is 0 Å². The van der Waals surface area contributed by atoms with Crippen molar-refractivity contribution < 1.29 is 0 Å². The van der Waals surface area contributed by atoms with Gasteiger partial charge in [-0.25, -0.2) is 0 Å². The van der Waals surface area contributed by atoms with E-state index in [9.17, 15) is 0 Å². The minimum absolute atomic E-state index is 0.374. The number of nitrogens with zero attached hydrogens (tertiary/aromatic N) is 2. The normalized spacial score (nSPS) is 27.8.